The molecule has 0 aliphatic carbocycles. The van der Waals surface area contributed by atoms with Crippen molar-refractivity contribution < 1.29 is 4.79 Å². The number of amides is 1. The number of carbonyl (C=O) groups is 1. The van der Waals surface area contributed by atoms with E-state index in [4.69, 9.17) is 5.73 Å². The SMILES string of the molecule is CC(=O)N(C)N=CCCN. The molecular weight excluding hydrogens is 130 g/mol. The van der Waals surface area contributed by atoms with Crippen LogP contribution >= 0.6 is 0 Å². The van der Waals surface area contributed by atoms with Crippen LogP contribution in [0.25, 0.3) is 0 Å². The van der Waals surface area contributed by atoms with Gasteiger partial charge in [-0.15, -0.1) is 0 Å². The van der Waals surface area contributed by atoms with Gasteiger partial charge >= 0.3 is 0 Å². The molecule has 1 amide bonds. The van der Waals surface area contributed by atoms with Crippen LogP contribution < -0.4 is 5.73 Å². The van der Waals surface area contributed by atoms with Crippen LogP contribution in [0.3, 0.4) is 0 Å². The van der Waals surface area contributed by atoms with E-state index in [1.165, 1.54) is 11.9 Å². The molecule has 4 nitrogen and oxygen atoms in total. The predicted octanol–water partition coefficient (Wildman–Crippen LogP) is -0.201. The summed E-state index contributed by atoms with van der Waals surface area (Å²) in [6, 6.07) is 0. The van der Waals surface area contributed by atoms with Crippen LogP contribution in [0.4, 0.5) is 0 Å². The van der Waals surface area contributed by atoms with Crippen molar-refractivity contribution in [1.29, 1.82) is 0 Å². The van der Waals surface area contributed by atoms with Crippen molar-refractivity contribution in [3.63, 3.8) is 0 Å². The summed E-state index contributed by atoms with van der Waals surface area (Å²) in [4.78, 5) is 10.5. The Hall–Kier alpha value is -0.900. The van der Waals surface area contributed by atoms with Gasteiger partial charge in [-0.05, 0) is 13.0 Å². The summed E-state index contributed by atoms with van der Waals surface area (Å²) in [6.07, 6.45) is 2.33. The van der Waals surface area contributed by atoms with Crippen molar-refractivity contribution in [2.24, 2.45) is 10.8 Å². The molecule has 0 heterocycles. The Morgan fingerprint density at radius 2 is 2.40 bits per heavy atom. The second kappa shape index (κ2) is 4.93. The molecule has 0 bridgehead atoms. The molecule has 0 spiro atoms. The Bertz CT molecular complexity index is 133. The zero-order chi connectivity index (χ0) is 7.98. The van der Waals surface area contributed by atoms with E-state index in [9.17, 15) is 4.79 Å². The smallest absolute Gasteiger partial charge is 0.239 e. The molecule has 0 rings (SSSR count). The van der Waals surface area contributed by atoms with Crippen molar-refractivity contribution in [3.05, 3.63) is 0 Å². The summed E-state index contributed by atoms with van der Waals surface area (Å²) in [5, 5.41) is 5.07. The number of hydrogen-bond donors (Lipinski definition) is 1. The van der Waals surface area contributed by atoms with Crippen LogP contribution in [0, 0.1) is 0 Å². The summed E-state index contributed by atoms with van der Waals surface area (Å²) < 4.78 is 0. The van der Waals surface area contributed by atoms with Gasteiger partial charge < -0.3 is 5.73 Å². The summed E-state index contributed by atoms with van der Waals surface area (Å²) in [5.74, 6) is -0.0757. The highest BCUT2D eigenvalue weighted by atomic mass is 16.2. The zero-order valence-corrected chi connectivity index (χ0v) is 6.37. The molecule has 0 radical (unpaired) electrons. The van der Waals surface area contributed by atoms with Crippen molar-refractivity contribution in [1.82, 2.24) is 5.01 Å². The van der Waals surface area contributed by atoms with Crippen LogP contribution in [0.5, 0.6) is 0 Å². The van der Waals surface area contributed by atoms with Crippen molar-refractivity contribution in [3.8, 4) is 0 Å². The Labute approximate surface area is 60.7 Å². The van der Waals surface area contributed by atoms with Gasteiger partial charge in [-0.25, -0.2) is 5.01 Å². The van der Waals surface area contributed by atoms with Crippen molar-refractivity contribution in [2.45, 2.75) is 13.3 Å². The largest absolute Gasteiger partial charge is 0.330 e. The van der Waals surface area contributed by atoms with Crippen molar-refractivity contribution in [2.75, 3.05) is 13.6 Å². The van der Waals surface area contributed by atoms with Gasteiger partial charge in [-0.1, -0.05) is 0 Å². The fraction of sp³-hybridized carbons (Fsp3) is 0.667. The van der Waals surface area contributed by atoms with Crippen LogP contribution in [0.2, 0.25) is 0 Å². The number of hydrazone groups is 1. The lowest BCUT2D eigenvalue weighted by Gasteiger charge is -2.05. The highest BCUT2D eigenvalue weighted by molar-refractivity contribution is 5.73. The van der Waals surface area contributed by atoms with Gasteiger partial charge in [0.15, 0.2) is 0 Å². The van der Waals surface area contributed by atoms with Gasteiger partial charge in [0.2, 0.25) is 5.91 Å². The minimum Gasteiger partial charge on any atom is -0.330 e. The van der Waals surface area contributed by atoms with E-state index >= 15 is 0 Å². The Balaban J connectivity index is 3.55. The molecule has 4 heteroatoms. The molecule has 0 unspecified atom stereocenters. The zero-order valence-electron chi connectivity index (χ0n) is 6.37. The fourth-order valence-corrected chi connectivity index (χ4v) is 0.336. The first-order chi connectivity index (χ1) is 4.68. The van der Waals surface area contributed by atoms with Gasteiger partial charge in [-0.3, -0.25) is 4.79 Å². The molecule has 0 saturated carbocycles. The van der Waals surface area contributed by atoms with Gasteiger partial charge in [-0.2, -0.15) is 5.10 Å². The molecule has 0 aliphatic rings. The number of carbonyl (C=O) groups excluding carboxylic acids is 1. The van der Waals surface area contributed by atoms with Crippen LogP contribution in [0.15, 0.2) is 5.10 Å². The summed E-state index contributed by atoms with van der Waals surface area (Å²) >= 11 is 0. The van der Waals surface area contributed by atoms with E-state index in [1.54, 1.807) is 13.3 Å². The van der Waals surface area contributed by atoms with Gasteiger partial charge in [0.1, 0.15) is 0 Å². The lowest BCUT2D eigenvalue weighted by atomic mass is 10.5. The normalized spacial score (nSPS) is 10.3. The van der Waals surface area contributed by atoms with E-state index in [1.807, 2.05) is 0 Å². The van der Waals surface area contributed by atoms with Gasteiger partial charge in [0, 0.05) is 20.2 Å². The maximum Gasteiger partial charge on any atom is 0.239 e. The maximum absolute atomic E-state index is 10.5. The molecule has 10 heavy (non-hydrogen) atoms. The van der Waals surface area contributed by atoms with E-state index in [0.29, 0.717) is 13.0 Å². The lowest BCUT2D eigenvalue weighted by Crippen LogP contribution is -2.17. The molecule has 0 aliphatic heterocycles. The first kappa shape index (κ1) is 9.10. The fourth-order valence-electron chi connectivity index (χ4n) is 0.336. The van der Waals surface area contributed by atoms with Gasteiger partial charge in [0.25, 0.3) is 0 Å². The lowest BCUT2D eigenvalue weighted by molar-refractivity contribution is -0.127. The van der Waals surface area contributed by atoms with Gasteiger partial charge in [0.05, 0.1) is 0 Å². The summed E-state index contributed by atoms with van der Waals surface area (Å²) in [5.41, 5.74) is 5.20. The first-order valence-electron chi connectivity index (χ1n) is 3.15. The average Bonchev–Trinajstić information content (AvgIpc) is 1.88. The minimum atomic E-state index is -0.0757. The third-order valence-electron chi connectivity index (χ3n) is 1.01. The Morgan fingerprint density at radius 3 is 2.80 bits per heavy atom. The van der Waals surface area contributed by atoms with E-state index in [2.05, 4.69) is 5.10 Å². The molecule has 0 saturated heterocycles. The molecule has 0 fully saturated rings. The van der Waals surface area contributed by atoms with Crippen molar-refractivity contribution >= 4 is 12.1 Å². The quantitative estimate of drug-likeness (QED) is 0.439. The van der Waals surface area contributed by atoms with Crippen LogP contribution in [0.1, 0.15) is 13.3 Å². The average molecular weight is 143 g/mol. The maximum atomic E-state index is 10.5. The second-order valence-corrected chi connectivity index (χ2v) is 1.92. The van der Waals surface area contributed by atoms with E-state index in [-0.39, 0.29) is 5.91 Å². The summed E-state index contributed by atoms with van der Waals surface area (Å²) in [7, 11) is 1.61. The molecule has 0 aromatic carbocycles. The molecule has 58 valence electrons. The second-order valence-electron chi connectivity index (χ2n) is 1.92. The Kier molecular flexibility index (Phi) is 4.49. The monoisotopic (exact) mass is 143 g/mol. The standard InChI is InChI=1S/C6H13N3O/c1-6(10)9(2)8-5-3-4-7/h5H,3-4,7H2,1-2H3. The Morgan fingerprint density at radius 1 is 1.80 bits per heavy atom. The number of hydrogen-bond acceptors (Lipinski definition) is 3. The number of nitrogens with two attached hydrogens (primary N) is 1. The third-order valence-corrected chi connectivity index (χ3v) is 1.01. The van der Waals surface area contributed by atoms with E-state index < -0.39 is 0 Å². The highest BCUT2D eigenvalue weighted by Crippen LogP contribution is 1.82. The first-order valence-corrected chi connectivity index (χ1v) is 3.15. The molecular formula is C6H13N3O. The molecule has 0 aromatic heterocycles. The molecule has 0 atom stereocenters. The minimum absolute atomic E-state index is 0.0757. The third kappa shape index (κ3) is 4.03. The number of nitrogens with zero attached hydrogens (tertiary/aromatic N) is 2. The molecule has 2 N–H and O–H groups in total. The predicted molar refractivity (Wildman–Crippen MR) is 40.6 cm³/mol. The summed E-state index contributed by atoms with van der Waals surface area (Å²) in [6.45, 7) is 2.02. The topological polar surface area (TPSA) is 58.7 Å². The highest BCUT2D eigenvalue weighted by Gasteiger charge is 1.94. The van der Waals surface area contributed by atoms with Crippen LogP contribution in [-0.4, -0.2) is 30.7 Å². The number of rotatable bonds is 3. The van der Waals surface area contributed by atoms with Crippen LogP contribution in [-0.2, 0) is 4.79 Å². The van der Waals surface area contributed by atoms with E-state index in [0.717, 1.165) is 0 Å². The molecule has 0 aromatic rings.